The summed E-state index contributed by atoms with van der Waals surface area (Å²) in [4.78, 5) is 0. The Morgan fingerprint density at radius 2 is 2.20 bits per heavy atom. The summed E-state index contributed by atoms with van der Waals surface area (Å²) in [6.07, 6.45) is 4.23. The van der Waals surface area contributed by atoms with Gasteiger partial charge in [0.2, 0.25) is 0 Å². The van der Waals surface area contributed by atoms with Gasteiger partial charge in [-0.1, -0.05) is 36.9 Å². The van der Waals surface area contributed by atoms with E-state index in [-0.39, 0.29) is 0 Å². The molecule has 1 rings (SSSR count). The molecule has 1 heteroatoms. The lowest BCUT2D eigenvalue weighted by Gasteiger charge is -2.10. The highest BCUT2D eigenvalue weighted by Crippen LogP contribution is 2.16. The van der Waals surface area contributed by atoms with Gasteiger partial charge in [0.15, 0.2) is 0 Å². The Bertz CT molecular complexity index is 375. The van der Waals surface area contributed by atoms with Gasteiger partial charge in [-0.15, -0.1) is 0 Å². The fraction of sp³-hybridized carbons (Fsp3) is 0.286. The van der Waals surface area contributed by atoms with Crippen LogP contribution in [-0.2, 0) is 6.54 Å². The van der Waals surface area contributed by atoms with Crippen LogP contribution in [0.3, 0.4) is 0 Å². The molecule has 0 spiro atoms. The van der Waals surface area contributed by atoms with Gasteiger partial charge in [-0.3, -0.25) is 0 Å². The van der Waals surface area contributed by atoms with Crippen molar-refractivity contribution >= 4 is 6.08 Å². The van der Waals surface area contributed by atoms with Crippen LogP contribution in [0.15, 0.2) is 36.6 Å². The van der Waals surface area contributed by atoms with Crippen molar-refractivity contribution in [2.75, 3.05) is 0 Å². The van der Waals surface area contributed by atoms with Crippen molar-refractivity contribution in [2.24, 2.45) is 0 Å². The molecular weight excluding hydrogens is 182 g/mol. The average Bonchev–Trinajstić information content (AvgIpc) is 2.19. The maximum atomic E-state index is 3.84. The Morgan fingerprint density at radius 3 is 2.80 bits per heavy atom. The van der Waals surface area contributed by atoms with Crippen molar-refractivity contribution in [2.45, 2.75) is 27.3 Å². The standard InChI is InChI=1S/C14H19N/c1-5-7-14-12(4)8-6-9-13(14)10-15-11(2)3/h5-9,15H,2,10H2,1,3-4H3/b7-5-. The first-order valence-corrected chi connectivity index (χ1v) is 5.25. The molecule has 1 aromatic rings. The molecule has 0 radical (unpaired) electrons. The number of rotatable bonds is 4. The lowest BCUT2D eigenvalue weighted by atomic mass is 10.0. The van der Waals surface area contributed by atoms with E-state index in [1.54, 1.807) is 0 Å². The molecule has 0 bridgehead atoms. The number of allylic oxidation sites excluding steroid dienone is 2. The molecule has 0 saturated heterocycles. The Labute approximate surface area is 92.5 Å². The fourth-order valence-corrected chi connectivity index (χ4v) is 1.55. The van der Waals surface area contributed by atoms with E-state index in [2.05, 4.69) is 49.2 Å². The third kappa shape index (κ3) is 3.28. The van der Waals surface area contributed by atoms with Gasteiger partial charge >= 0.3 is 0 Å². The summed E-state index contributed by atoms with van der Waals surface area (Å²) in [6, 6.07) is 6.38. The second-order valence-corrected chi connectivity index (χ2v) is 3.78. The molecule has 0 saturated carbocycles. The zero-order chi connectivity index (χ0) is 11.3. The van der Waals surface area contributed by atoms with Crippen molar-refractivity contribution < 1.29 is 0 Å². The zero-order valence-corrected chi connectivity index (χ0v) is 9.80. The Hall–Kier alpha value is -1.50. The molecular formula is C14H19N. The zero-order valence-electron chi connectivity index (χ0n) is 9.80. The summed E-state index contributed by atoms with van der Waals surface area (Å²) in [6.45, 7) is 10.8. The van der Waals surface area contributed by atoms with E-state index in [1.165, 1.54) is 16.7 Å². The van der Waals surface area contributed by atoms with Gasteiger partial charge < -0.3 is 5.32 Å². The lowest BCUT2D eigenvalue weighted by Crippen LogP contribution is -2.10. The van der Waals surface area contributed by atoms with Crippen molar-refractivity contribution in [3.63, 3.8) is 0 Å². The molecule has 0 unspecified atom stereocenters. The fourth-order valence-electron chi connectivity index (χ4n) is 1.55. The lowest BCUT2D eigenvalue weighted by molar-refractivity contribution is 0.813. The number of aryl methyl sites for hydroxylation is 1. The maximum Gasteiger partial charge on any atom is 0.0403 e. The molecule has 0 aliphatic heterocycles. The van der Waals surface area contributed by atoms with Crippen molar-refractivity contribution in [3.05, 3.63) is 53.2 Å². The minimum atomic E-state index is 0.844. The molecule has 0 aromatic heterocycles. The van der Waals surface area contributed by atoms with Crippen LogP contribution in [0.25, 0.3) is 6.08 Å². The monoisotopic (exact) mass is 201 g/mol. The van der Waals surface area contributed by atoms with Crippen molar-refractivity contribution in [3.8, 4) is 0 Å². The highest BCUT2D eigenvalue weighted by Gasteiger charge is 2.01. The second-order valence-electron chi connectivity index (χ2n) is 3.78. The molecule has 1 nitrogen and oxygen atoms in total. The minimum absolute atomic E-state index is 0.844. The van der Waals surface area contributed by atoms with Crippen LogP contribution < -0.4 is 5.32 Å². The largest absolute Gasteiger partial charge is 0.385 e. The van der Waals surface area contributed by atoms with Crippen molar-refractivity contribution in [1.82, 2.24) is 5.32 Å². The topological polar surface area (TPSA) is 12.0 Å². The molecule has 1 aromatic carbocycles. The summed E-state index contributed by atoms with van der Waals surface area (Å²) in [5, 5.41) is 3.26. The molecule has 0 fully saturated rings. The normalized spacial score (nSPS) is 10.6. The molecule has 1 N–H and O–H groups in total. The van der Waals surface area contributed by atoms with E-state index >= 15 is 0 Å². The number of hydrogen-bond acceptors (Lipinski definition) is 1. The second kappa shape index (κ2) is 5.40. The van der Waals surface area contributed by atoms with Crippen LogP contribution in [0.5, 0.6) is 0 Å². The van der Waals surface area contributed by atoms with Gasteiger partial charge in [0.1, 0.15) is 0 Å². The summed E-state index contributed by atoms with van der Waals surface area (Å²) in [5.41, 5.74) is 4.95. The van der Waals surface area contributed by atoms with Gasteiger partial charge in [-0.2, -0.15) is 0 Å². The highest BCUT2D eigenvalue weighted by atomic mass is 14.9. The van der Waals surface area contributed by atoms with Crippen LogP contribution in [0, 0.1) is 6.92 Å². The van der Waals surface area contributed by atoms with Gasteiger partial charge in [0.25, 0.3) is 0 Å². The summed E-state index contributed by atoms with van der Waals surface area (Å²) in [5.74, 6) is 0. The predicted molar refractivity (Wildman–Crippen MR) is 67.5 cm³/mol. The Kier molecular flexibility index (Phi) is 4.17. The summed E-state index contributed by atoms with van der Waals surface area (Å²) >= 11 is 0. The van der Waals surface area contributed by atoms with Gasteiger partial charge in [0, 0.05) is 12.2 Å². The van der Waals surface area contributed by atoms with Crippen LogP contribution in [0.2, 0.25) is 0 Å². The maximum absolute atomic E-state index is 3.84. The summed E-state index contributed by atoms with van der Waals surface area (Å²) in [7, 11) is 0. The van der Waals surface area contributed by atoms with Crippen LogP contribution in [0.1, 0.15) is 30.5 Å². The van der Waals surface area contributed by atoms with Gasteiger partial charge in [-0.05, 0) is 37.5 Å². The molecule has 15 heavy (non-hydrogen) atoms. The van der Waals surface area contributed by atoms with E-state index in [9.17, 15) is 0 Å². The SMILES string of the molecule is C=C(C)NCc1cccc(C)c1/C=C\C. The quantitative estimate of drug-likeness (QED) is 0.784. The average molecular weight is 201 g/mol. The van der Waals surface area contributed by atoms with Crippen molar-refractivity contribution in [1.29, 1.82) is 0 Å². The first kappa shape index (κ1) is 11.6. The number of hydrogen-bond donors (Lipinski definition) is 1. The third-order valence-electron chi connectivity index (χ3n) is 2.33. The Balaban J connectivity index is 2.95. The molecule has 0 amide bonds. The van der Waals surface area contributed by atoms with Crippen LogP contribution in [-0.4, -0.2) is 0 Å². The summed E-state index contributed by atoms with van der Waals surface area (Å²) < 4.78 is 0. The van der Waals surface area contributed by atoms with E-state index in [0.717, 1.165) is 12.2 Å². The van der Waals surface area contributed by atoms with E-state index in [1.807, 2.05) is 13.8 Å². The molecule has 80 valence electrons. The highest BCUT2D eigenvalue weighted by molar-refractivity contribution is 5.57. The van der Waals surface area contributed by atoms with Gasteiger partial charge in [0.05, 0.1) is 0 Å². The van der Waals surface area contributed by atoms with Crippen LogP contribution in [0.4, 0.5) is 0 Å². The van der Waals surface area contributed by atoms with E-state index in [0.29, 0.717) is 0 Å². The Morgan fingerprint density at radius 1 is 1.47 bits per heavy atom. The molecule has 0 atom stereocenters. The van der Waals surface area contributed by atoms with Crippen LogP contribution >= 0.6 is 0 Å². The molecule has 0 aliphatic rings. The smallest absolute Gasteiger partial charge is 0.0403 e. The number of benzene rings is 1. The molecule has 0 heterocycles. The predicted octanol–water partition coefficient (Wildman–Crippen LogP) is 3.65. The first-order chi connectivity index (χ1) is 7.15. The van der Waals surface area contributed by atoms with Gasteiger partial charge in [-0.25, -0.2) is 0 Å². The molecule has 0 aliphatic carbocycles. The third-order valence-corrected chi connectivity index (χ3v) is 2.33. The van der Waals surface area contributed by atoms with E-state index in [4.69, 9.17) is 0 Å². The number of nitrogens with one attached hydrogen (secondary N) is 1. The van der Waals surface area contributed by atoms with E-state index < -0.39 is 0 Å². The minimum Gasteiger partial charge on any atom is -0.385 e. The first-order valence-electron chi connectivity index (χ1n) is 5.25.